The minimum absolute atomic E-state index is 0.301. The maximum atomic E-state index is 13.0. The first kappa shape index (κ1) is 21.0. The minimum atomic E-state index is -1.26. The molecule has 30 heavy (non-hydrogen) atoms. The van der Waals surface area contributed by atoms with Crippen molar-refractivity contribution < 1.29 is 23.9 Å². The number of esters is 1. The number of urea groups is 1. The Morgan fingerprint density at radius 3 is 2.47 bits per heavy atom. The summed E-state index contributed by atoms with van der Waals surface area (Å²) in [4.78, 5) is 49.9. The third-order valence-electron chi connectivity index (χ3n) is 5.07. The lowest BCUT2D eigenvalue weighted by atomic mass is 9.87. The number of rotatable bonds is 6. The van der Waals surface area contributed by atoms with Crippen LogP contribution >= 0.6 is 0 Å². The fraction of sp³-hybridized carbons (Fsp3) is 0.273. The van der Waals surface area contributed by atoms with Gasteiger partial charge in [-0.15, -0.1) is 0 Å². The molecule has 1 fully saturated rings. The van der Waals surface area contributed by atoms with Gasteiger partial charge in [-0.3, -0.25) is 15.0 Å². The summed E-state index contributed by atoms with van der Waals surface area (Å²) in [6.07, 6.45) is 0.301. The van der Waals surface area contributed by atoms with E-state index in [1.165, 1.54) is 0 Å². The predicted molar refractivity (Wildman–Crippen MR) is 108 cm³/mol. The zero-order valence-electron chi connectivity index (χ0n) is 17.0. The average Bonchev–Trinajstić information content (AvgIpc) is 2.99. The van der Waals surface area contributed by atoms with Crippen molar-refractivity contribution in [1.82, 2.24) is 15.8 Å². The summed E-state index contributed by atoms with van der Waals surface area (Å²) >= 11 is 0. The summed E-state index contributed by atoms with van der Waals surface area (Å²) in [6.45, 7) is 4.74. The largest absolute Gasteiger partial charge is 0.452 e. The molecule has 8 heteroatoms. The van der Waals surface area contributed by atoms with Crippen LogP contribution in [-0.4, -0.2) is 35.4 Å². The molecule has 2 aromatic carbocycles. The van der Waals surface area contributed by atoms with Gasteiger partial charge >= 0.3 is 12.0 Å². The van der Waals surface area contributed by atoms with Gasteiger partial charge < -0.3 is 10.1 Å². The summed E-state index contributed by atoms with van der Waals surface area (Å²) in [7, 11) is 0. The van der Waals surface area contributed by atoms with E-state index in [1.807, 2.05) is 13.0 Å². The Kier molecular flexibility index (Phi) is 5.86. The number of amides is 4. The predicted octanol–water partition coefficient (Wildman–Crippen LogP) is 2.35. The van der Waals surface area contributed by atoms with Crippen molar-refractivity contribution in [2.75, 3.05) is 6.61 Å². The SMILES string of the molecule is CC[C@@]1(c2ccccc2)NC(=O)N(NC(=O)COC(=O)c2cc(C)ccc2C)C1=O. The third-order valence-corrected chi connectivity index (χ3v) is 5.07. The maximum absolute atomic E-state index is 13.0. The Morgan fingerprint density at radius 2 is 1.80 bits per heavy atom. The van der Waals surface area contributed by atoms with Crippen molar-refractivity contribution in [2.24, 2.45) is 0 Å². The zero-order valence-corrected chi connectivity index (χ0v) is 17.0. The molecule has 2 N–H and O–H groups in total. The number of hydrogen-bond acceptors (Lipinski definition) is 5. The molecule has 0 aromatic heterocycles. The Morgan fingerprint density at radius 1 is 1.10 bits per heavy atom. The number of hydrazine groups is 1. The molecule has 1 aliphatic heterocycles. The number of carbonyl (C=O) groups is 4. The monoisotopic (exact) mass is 409 g/mol. The fourth-order valence-corrected chi connectivity index (χ4v) is 3.36. The molecule has 1 aliphatic rings. The van der Waals surface area contributed by atoms with Crippen LogP contribution in [0.5, 0.6) is 0 Å². The standard InChI is InChI=1S/C22H23N3O5/c1-4-22(16-8-6-5-7-9-16)20(28)25(21(29)23-22)24-18(26)13-30-19(27)17-12-14(2)10-11-15(17)3/h5-12H,4,13H2,1-3H3,(H,23,29)(H,24,26)/t22-/m0/s1. The van der Waals surface area contributed by atoms with Gasteiger partial charge in [0.25, 0.3) is 11.8 Å². The van der Waals surface area contributed by atoms with Crippen LogP contribution in [-0.2, 0) is 19.9 Å². The molecule has 0 radical (unpaired) electrons. The highest BCUT2D eigenvalue weighted by molar-refractivity contribution is 6.08. The number of aryl methyl sites for hydroxylation is 2. The summed E-state index contributed by atoms with van der Waals surface area (Å²) in [5, 5.41) is 3.29. The summed E-state index contributed by atoms with van der Waals surface area (Å²) in [5.41, 5.74) is 3.53. The van der Waals surface area contributed by atoms with Crippen LogP contribution < -0.4 is 10.7 Å². The number of imide groups is 1. The van der Waals surface area contributed by atoms with Crippen LogP contribution in [0.25, 0.3) is 0 Å². The zero-order chi connectivity index (χ0) is 21.9. The molecule has 1 heterocycles. The molecule has 4 amide bonds. The van der Waals surface area contributed by atoms with Gasteiger partial charge in [-0.05, 0) is 37.5 Å². The van der Waals surface area contributed by atoms with Gasteiger partial charge in [-0.1, -0.05) is 55.0 Å². The minimum Gasteiger partial charge on any atom is -0.452 e. The van der Waals surface area contributed by atoms with Crippen molar-refractivity contribution in [3.05, 3.63) is 70.8 Å². The second-order valence-electron chi connectivity index (χ2n) is 7.13. The van der Waals surface area contributed by atoms with E-state index >= 15 is 0 Å². The van der Waals surface area contributed by atoms with Crippen LogP contribution in [0, 0.1) is 13.8 Å². The number of nitrogens with zero attached hydrogens (tertiary/aromatic N) is 1. The van der Waals surface area contributed by atoms with Gasteiger partial charge in [0.1, 0.15) is 5.54 Å². The van der Waals surface area contributed by atoms with Gasteiger partial charge in [0.15, 0.2) is 6.61 Å². The molecule has 1 atom stereocenters. The molecule has 0 aliphatic carbocycles. The lowest BCUT2D eigenvalue weighted by molar-refractivity contribution is -0.140. The third kappa shape index (κ3) is 3.89. The second-order valence-corrected chi connectivity index (χ2v) is 7.13. The average molecular weight is 409 g/mol. The highest BCUT2D eigenvalue weighted by Crippen LogP contribution is 2.31. The van der Waals surface area contributed by atoms with Crippen molar-refractivity contribution in [2.45, 2.75) is 32.7 Å². The Balaban J connectivity index is 1.67. The molecule has 3 rings (SSSR count). The molecule has 2 aromatic rings. The molecule has 0 spiro atoms. The maximum Gasteiger partial charge on any atom is 0.344 e. The Hall–Kier alpha value is -3.68. The number of carbonyl (C=O) groups excluding carboxylic acids is 4. The molecule has 0 saturated carbocycles. The molecule has 0 bridgehead atoms. The topological polar surface area (TPSA) is 105 Å². The van der Waals surface area contributed by atoms with E-state index in [-0.39, 0.29) is 0 Å². The van der Waals surface area contributed by atoms with E-state index < -0.39 is 36.0 Å². The van der Waals surface area contributed by atoms with Crippen LogP contribution in [0.15, 0.2) is 48.5 Å². The lowest BCUT2D eigenvalue weighted by Gasteiger charge is -2.25. The highest BCUT2D eigenvalue weighted by atomic mass is 16.5. The lowest BCUT2D eigenvalue weighted by Crippen LogP contribution is -2.49. The molecule has 0 unspecified atom stereocenters. The molecule has 8 nitrogen and oxygen atoms in total. The smallest absolute Gasteiger partial charge is 0.344 e. The van der Waals surface area contributed by atoms with Gasteiger partial charge in [0.05, 0.1) is 5.56 Å². The van der Waals surface area contributed by atoms with Crippen molar-refractivity contribution in [1.29, 1.82) is 0 Å². The van der Waals surface area contributed by atoms with Gasteiger partial charge in [-0.2, -0.15) is 5.01 Å². The number of ether oxygens (including phenoxy) is 1. The van der Waals surface area contributed by atoms with Crippen LogP contribution in [0.3, 0.4) is 0 Å². The molecular formula is C22H23N3O5. The van der Waals surface area contributed by atoms with E-state index in [0.29, 0.717) is 22.6 Å². The first-order chi connectivity index (χ1) is 14.3. The molecule has 1 saturated heterocycles. The van der Waals surface area contributed by atoms with E-state index in [9.17, 15) is 19.2 Å². The Bertz CT molecular complexity index is 1010. The normalized spacial score (nSPS) is 18.2. The van der Waals surface area contributed by atoms with Gasteiger partial charge in [0.2, 0.25) is 0 Å². The summed E-state index contributed by atoms with van der Waals surface area (Å²) in [6, 6.07) is 13.4. The van der Waals surface area contributed by atoms with E-state index in [1.54, 1.807) is 56.3 Å². The number of hydrogen-bond donors (Lipinski definition) is 2. The van der Waals surface area contributed by atoms with Crippen molar-refractivity contribution in [3.63, 3.8) is 0 Å². The quantitative estimate of drug-likeness (QED) is 0.563. The first-order valence-electron chi connectivity index (χ1n) is 9.54. The van der Waals surface area contributed by atoms with Crippen molar-refractivity contribution in [3.8, 4) is 0 Å². The summed E-state index contributed by atoms with van der Waals surface area (Å²) < 4.78 is 5.05. The van der Waals surface area contributed by atoms with Gasteiger partial charge in [-0.25, -0.2) is 9.59 Å². The Labute approximate surface area is 174 Å². The van der Waals surface area contributed by atoms with E-state index in [2.05, 4.69) is 10.7 Å². The number of benzene rings is 2. The van der Waals surface area contributed by atoms with E-state index in [0.717, 1.165) is 11.1 Å². The van der Waals surface area contributed by atoms with E-state index in [4.69, 9.17) is 4.74 Å². The molecule has 156 valence electrons. The second kappa shape index (κ2) is 8.36. The van der Waals surface area contributed by atoms with Crippen LogP contribution in [0.2, 0.25) is 0 Å². The van der Waals surface area contributed by atoms with Crippen molar-refractivity contribution >= 4 is 23.8 Å². The molecular weight excluding hydrogens is 386 g/mol. The van der Waals surface area contributed by atoms with Crippen LogP contribution in [0.4, 0.5) is 4.79 Å². The first-order valence-corrected chi connectivity index (χ1v) is 9.54. The summed E-state index contributed by atoms with van der Waals surface area (Å²) in [5.74, 6) is -2.05. The highest BCUT2D eigenvalue weighted by Gasteiger charge is 2.52. The van der Waals surface area contributed by atoms with Gasteiger partial charge in [0, 0.05) is 0 Å². The van der Waals surface area contributed by atoms with Crippen LogP contribution in [0.1, 0.15) is 40.4 Å². The number of nitrogens with one attached hydrogen (secondary N) is 2. The fourth-order valence-electron chi connectivity index (χ4n) is 3.36.